The lowest BCUT2D eigenvalue weighted by atomic mass is 9.99. The highest BCUT2D eigenvalue weighted by Gasteiger charge is 2.10. The van der Waals surface area contributed by atoms with Gasteiger partial charge in [-0.1, -0.05) is 19.1 Å². The number of methoxy groups -OCH3 is 2. The molecule has 0 fully saturated rings. The molecule has 2 aromatic rings. The molecule has 1 N–H and O–H groups in total. The second-order valence-corrected chi connectivity index (χ2v) is 4.65. The van der Waals surface area contributed by atoms with E-state index in [2.05, 4.69) is 5.32 Å². The normalized spacial score (nSPS) is 10.5. The smallest absolute Gasteiger partial charge is 0.161 e. The average Bonchev–Trinajstić information content (AvgIpc) is 2.52. The van der Waals surface area contributed by atoms with Gasteiger partial charge in [-0.15, -0.1) is 0 Å². The summed E-state index contributed by atoms with van der Waals surface area (Å²) in [5, 5.41) is 3.23. The molecule has 0 saturated heterocycles. The summed E-state index contributed by atoms with van der Waals surface area (Å²) in [4.78, 5) is 0. The van der Waals surface area contributed by atoms with E-state index in [0.717, 1.165) is 23.2 Å². The number of hydrogen-bond donors (Lipinski definition) is 1. The molecule has 0 aliphatic heterocycles. The second-order valence-electron chi connectivity index (χ2n) is 4.65. The van der Waals surface area contributed by atoms with E-state index in [1.54, 1.807) is 26.4 Å². The van der Waals surface area contributed by atoms with Crippen LogP contribution in [0.1, 0.15) is 12.5 Å². The summed E-state index contributed by atoms with van der Waals surface area (Å²) >= 11 is 0. The summed E-state index contributed by atoms with van der Waals surface area (Å²) in [5.41, 5.74) is 2.88. The largest absolute Gasteiger partial charge is 0.493 e. The topological polar surface area (TPSA) is 30.5 Å². The Bertz CT molecular complexity index is 614. The van der Waals surface area contributed by atoms with E-state index in [9.17, 15) is 4.39 Å². The van der Waals surface area contributed by atoms with Crippen molar-refractivity contribution in [2.75, 3.05) is 20.8 Å². The van der Waals surface area contributed by atoms with Crippen LogP contribution in [0, 0.1) is 5.82 Å². The maximum Gasteiger partial charge on any atom is 0.161 e. The Kier molecular flexibility index (Phi) is 5.17. The molecular weight excluding hydrogens is 269 g/mol. The molecule has 2 rings (SSSR count). The molecule has 21 heavy (non-hydrogen) atoms. The van der Waals surface area contributed by atoms with Gasteiger partial charge in [-0.3, -0.25) is 0 Å². The Morgan fingerprint density at radius 1 is 1.00 bits per heavy atom. The molecule has 4 heteroatoms. The second kappa shape index (κ2) is 7.09. The van der Waals surface area contributed by atoms with E-state index < -0.39 is 0 Å². The summed E-state index contributed by atoms with van der Waals surface area (Å²) < 4.78 is 24.1. The predicted octanol–water partition coefficient (Wildman–Crippen LogP) is 3.62. The third kappa shape index (κ3) is 3.52. The van der Waals surface area contributed by atoms with Crippen LogP contribution in [-0.2, 0) is 6.54 Å². The zero-order valence-corrected chi connectivity index (χ0v) is 12.6. The van der Waals surface area contributed by atoms with Gasteiger partial charge in [-0.2, -0.15) is 0 Å². The first-order valence-electron chi connectivity index (χ1n) is 6.91. The van der Waals surface area contributed by atoms with Crippen molar-refractivity contribution in [3.05, 3.63) is 47.8 Å². The third-order valence-corrected chi connectivity index (χ3v) is 3.33. The molecule has 2 aromatic carbocycles. The molecule has 0 amide bonds. The van der Waals surface area contributed by atoms with E-state index in [1.807, 2.05) is 25.1 Å². The van der Waals surface area contributed by atoms with Gasteiger partial charge < -0.3 is 14.8 Å². The van der Waals surface area contributed by atoms with E-state index in [-0.39, 0.29) is 5.82 Å². The van der Waals surface area contributed by atoms with Gasteiger partial charge in [0.1, 0.15) is 5.82 Å². The number of halogens is 1. The van der Waals surface area contributed by atoms with Crippen molar-refractivity contribution in [3.63, 3.8) is 0 Å². The first kappa shape index (κ1) is 15.3. The van der Waals surface area contributed by atoms with Crippen molar-refractivity contribution in [1.29, 1.82) is 0 Å². The Labute approximate surface area is 124 Å². The maximum atomic E-state index is 13.5. The Hall–Kier alpha value is -2.07. The Morgan fingerprint density at radius 3 is 2.43 bits per heavy atom. The lowest BCUT2D eigenvalue weighted by molar-refractivity contribution is 0.355. The van der Waals surface area contributed by atoms with Crippen LogP contribution < -0.4 is 14.8 Å². The first-order chi connectivity index (χ1) is 10.2. The van der Waals surface area contributed by atoms with Crippen LogP contribution in [0.15, 0.2) is 36.4 Å². The number of rotatable bonds is 6. The molecule has 0 aliphatic rings. The highest BCUT2D eigenvalue weighted by molar-refractivity contribution is 5.70. The minimum Gasteiger partial charge on any atom is -0.493 e. The Balaban J connectivity index is 2.45. The third-order valence-electron chi connectivity index (χ3n) is 3.33. The number of hydrogen-bond acceptors (Lipinski definition) is 3. The van der Waals surface area contributed by atoms with Crippen molar-refractivity contribution in [1.82, 2.24) is 5.32 Å². The van der Waals surface area contributed by atoms with Gasteiger partial charge in [0, 0.05) is 6.54 Å². The van der Waals surface area contributed by atoms with E-state index in [1.165, 1.54) is 6.07 Å². The molecule has 0 heterocycles. The monoisotopic (exact) mass is 289 g/mol. The molecule has 3 nitrogen and oxygen atoms in total. The lowest BCUT2D eigenvalue weighted by Gasteiger charge is -2.13. The molecule has 0 spiro atoms. The van der Waals surface area contributed by atoms with Gasteiger partial charge in [0.05, 0.1) is 14.2 Å². The molecule has 112 valence electrons. The van der Waals surface area contributed by atoms with Gasteiger partial charge in [0.15, 0.2) is 11.5 Å². The van der Waals surface area contributed by atoms with E-state index in [0.29, 0.717) is 18.0 Å². The zero-order valence-electron chi connectivity index (χ0n) is 12.6. The van der Waals surface area contributed by atoms with Gasteiger partial charge in [-0.25, -0.2) is 4.39 Å². The molecule has 0 saturated carbocycles. The van der Waals surface area contributed by atoms with E-state index in [4.69, 9.17) is 9.47 Å². The molecular formula is C17H20FNO2. The van der Waals surface area contributed by atoms with Crippen LogP contribution in [-0.4, -0.2) is 20.8 Å². The van der Waals surface area contributed by atoms with Crippen LogP contribution in [0.5, 0.6) is 11.5 Å². The SMILES string of the molecule is CCNCc1cc(F)ccc1-c1ccc(OC)c(OC)c1. The standard InChI is InChI=1S/C17H20FNO2/c1-4-19-11-13-9-14(18)6-7-15(13)12-5-8-16(20-2)17(10-12)21-3/h5-10,19H,4,11H2,1-3H3. The number of benzene rings is 2. The van der Waals surface area contributed by atoms with Crippen LogP contribution in [0.2, 0.25) is 0 Å². The quantitative estimate of drug-likeness (QED) is 0.881. The summed E-state index contributed by atoms with van der Waals surface area (Å²) in [7, 11) is 3.21. The fourth-order valence-corrected chi connectivity index (χ4v) is 2.25. The zero-order chi connectivity index (χ0) is 15.2. The Morgan fingerprint density at radius 2 is 1.76 bits per heavy atom. The van der Waals surface area contributed by atoms with Crippen molar-refractivity contribution < 1.29 is 13.9 Å². The van der Waals surface area contributed by atoms with Crippen molar-refractivity contribution in [2.24, 2.45) is 0 Å². The minimum atomic E-state index is -0.230. The fourth-order valence-electron chi connectivity index (χ4n) is 2.25. The first-order valence-corrected chi connectivity index (χ1v) is 6.91. The van der Waals surface area contributed by atoms with Crippen molar-refractivity contribution >= 4 is 0 Å². The van der Waals surface area contributed by atoms with Crippen molar-refractivity contribution in [2.45, 2.75) is 13.5 Å². The summed E-state index contributed by atoms with van der Waals surface area (Å²) in [6, 6.07) is 10.5. The van der Waals surface area contributed by atoms with Gasteiger partial charge in [0.25, 0.3) is 0 Å². The highest BCUT2D eigenvalue weighted by atomic mass is 19.1. The summed E-state index contributed by atoms with van der Waals surface area (Å²) in [6.45, 7) is 3.48. The van der Waals surface area contributed by atoms with Gasteiger partial charge >= 0.3 is 0 Å². The lowest BCUT2D eigenvalue weighted by Crippen LogP contribution is -2.12. The molecule has 0 aliphatic carbocycles. The molecule has 0 unspecified atom stereocenters. The maximum absolute atomic E-state index is 13.5. The average molecular weight is 289 g/mol. The molecule has 0 bridgehead atoms. The van der Waals surface area contributed by atoms with Crippen LogP contribution in [0.3, 0.4) is 0 Å². The van der Waals surface area contributed by atoms with E-state index >= 15 is 0 Å². The highest BCUT2D eigenvalue weighted by Crippen LogP contribution is 2.33. The van der Waals surface area contributed by atoms with Gasteiger partial charge in [0.2, 0.25) is 0 Å². The molecule has 0 aromatic heterocycles. The summed E-state index contributed by atoms with van der Waals surface area (Å²) in [6.07, 6.45) is 0. The fraction of sp³-hybridized carbons (Fsp3) is 0.294. The van der Waals surface area contributed by atoms with Crippen LogP contribution in [0.4, 0.5) is 4.39 Å². The summed E-state index contributed by atoms with van der Waals surface area (Å²) in [5.74, 6) is 1.11. The predicted molar refractivity (Wildman–Crippen MR) is 82.3 cm³/mol. The van der Waals surface area contributed by atoms with Crippen molar-refractivity contribution in [3.8, 4) is 22.6 Å². The molecule has 0 radical (unpaired) electrons. The minimum absolute atomic E-state index is 0.230. The van der Waals surface area contributed by atoms with Crippen LogP contribution in [0.25, 0.3) is 11.1 Å². The molecule has 0 atom stereocenters. The number of nitrogens with one attached hydrogen (secondary N) is 1. The van der Waals surface area contributed by atoms with Crippen LogP contribution >= 0.6 is 0 Å². The number of ether oxygens (including phenoxy) is 2. The van der Waals surface area contributed by atoms with Gasteiger partial charge in [-0.05, 0) is 47.5 Å².